The van der Waals surface area contributed by atoms with Crippen molar-refractivity contribution in [2.24, 2.45) is 0 Å². The van der Waals surface area contributed by atoms with Gasteiger partial charge in [-0.25, -0.2) is 4.98 Å². The van der Waals surface area contributed by atoms with E-state index in [1.54, 1.807) is 10.7 Å². The number of rotatable bonds is 3. The molecular weight excluding hydrogens is 338 g/mol. The van der Waals surface area contributed by atoms with Gasteiger partial charge in [0, 0.05) is 5.02 Å². The highest BCUT2D eigenvalue weighted by Crippen LogP contribution is 2.14. The Labute approximate surface area is 148 Å². The predicted molar refractivity (Wildman–Crippen MR) is 96.2 cm³/mol. The minimum atomic E-state index is -0.233. The van der Waals surface area contributed by atoms with Crippen molar-refractivity contribution >= 4 is 22.8 Å². The van der Waals surface area contributed by atoms with Gasteiger partial charge in [0.15, 0.2) is 11.2 Å². The second-order valence-electron chi connectivity index (χ2n) is 5.82. The molecule has 0 spiro atoms. The quantitative estimate of drug-likeness (QED) is 0.569. The summed E-state index contributed by atoms with van der Waals surface area (Å²) in [6, 6.07) is 15.2. The molecule has 7 heteroatoms. The molecule has 0 amide bonds. The van der Waals surface area contributed by atoms with E-state index in [1.165, 1.54) is 10.9 Å². The van der Waals surface area contributed by atoms with Crippen LogP contribution in [-0.4, -0.2) is 24.5 Å². The number of halogens is 1. The molecule has 25 heavy (non-hydrogen) atoms. The summed E-state index contributed by atoms with van der Waals surface area (Å²) in [7, 11) is 0. The van der Waals surface area contributed by atoms with E-state index in [9.17, 15) is 4.79 Å². The first-order valence-electron chi connectivity index (χ1n) is 7.74. The zero-order valence-corrected chi connectivity index (χ0v) is 14.2. The van der Waals surface area contributed by atoms with Crippen molar-refractivity contribution in [1.82, 2.24) is 24.5 Å². The molecule has 2 aromatic heterocycles. The molecular formula is C18H14ClN5O. The monoisotopic (exact) mass is 351 g/mol. The van der Waals surface area contributed by atoms with Crippen LogP contribution in [0.5, 0.6) is 0 Å². The van der Waals surface area contributed by atoms with Crippen LogP contribution in [0.4, 0.5) is 0 Å². The molecule has 0 saturated carbocycles. The maximum atomic E-state index is 12.7. The Kier molecular flexibility index (Phi) is 3.82. The molecule has 0 radical (unpaired) electrons. The molecule has 2 heterocycles. The summed E-state index contributed by atoms with van der Waals surface area (Å²) in [5.74, 6) is 0. The molecule has 6 nitrogen and oxygen atoms in total. The maximum absolute atomic E-state index is 12.7. The molecule has 0 atom stereocenters. The molecule has 0 fully saturated rings. The third-order valence-corrected chi connectivity index (χ3v) is 4.15. The van der Waals surface area contributed by atoms with Crippen LogP contribution < -0.4 is 5.56 Å². The predicted octanol–water partition coefficient (Wildman–Crippen LogP) is 2.99. The van der Waals surface area contributed by atoms with E-state index in [2.05, 4.69) is 15.3 Å². The third kappa shape index (κ3) is 2.92. The summed E-state index contributed by atoms with van der Waals surface area (Å²) in [5.41, 5.74) is 3.28. The van der Waals surface area contributed by atoms with Crippen LogP contribution in [0.1, 0.15) is 11.1 Å². The zero-order chi connectivity index (χ0) is 17.4. The lowest BCUT2D eigenvalue weighted by molar-refractivity contribution is 0.745. The highest BCUT2D eigenvalue weighted by molar-refractivity contribution is 6.30. The van der Waals surface area contributed by atoms with Gasteiger partial charge in [0.25, 0.3) is 5.56 Å². The van der Waals surface area contributed by atoms with Crippen LogP contribution in [0.3, 0.4) is 0 Å². The Morgan fingerprint density at radius 3 is 2.76 bits per heavy atom. The van der Waals surface area contributed by atoms with Gasteiger partial charge in [-0.3, -0.25) is 9.36 Å². The smallest absolute Gasteiger partial charge is 0.283 e. The molecule has 0 aliphatic carbocycles. The fourth-order valence-corrected chi connectivity index (χ4v) is 2.94. The van der Waals surface area contributed by atoms with Crippen molar-refractivity contribution < 1.29 is 0 Å². The third-order valence-electron chi connectivity index (χ3n) is 3.92. The Hall–Kier alpha value is -2.99. The van der Waals surface area contributed by atoms with Crippen molar-refractivity contribution in [2.75, 3.05) is 0 Å². The van der Waals surface area contributed by atoms with Crippen LogP contribution >= 0.6 is 11.6 Å². The van der Waals surface area contributed by atoms with Crippen LogP contribution in [0, 0.1) is 6.92 Å². The van der Waals surface area contributed by atoms with Gasteiger partial charge in [-0.1, -0.05) is 41.1 Å². The van der Waals surface area contributed by atoms with Gasteiger partial charge in [-0.2, -0.15) is 4.68 Å². The summed E-state index contributed by atoms with van der Waals surface area (Å²) in [5, 5.41) is 8.76. The van der Waals surface area contributed by atoms with Crippen molar-refractivity contribution in [3.8, 4) is 5.69 Å². The number of hydrogen-bond acceptors (Lipinski definition) is 4. The van der Waals surface area contributed by atoms with Gasteiger partial charge >= 0.3 is 0 Å². The van der Waals surface area contributed by atoms with E-state index in [1.807, 2.05) is 49.4 Å². The minimum Gasteiger partial charge on any atom is -0.293 e. The average Bonchev–Trinajstić information content (AvgIpc) is 3.02. The Morgan fingerprint density at radius 1 is 1.12 bits per heavy atom. The van der Waals surface area contributed by atoms with E-state index in [-0.39, 0.29) is 11.1 Å². The largest absolute Gasteiger partial charge is 0.293 e. The topological polar surface area (TPSA) is 65.6 Å². The second-order valence-corrected chi connectivity index (χ2v) is 6.26. The highest BCUT2D eigenvalue weighted by Gasteiger charge is 2.13. The molecule has 0 N–H and O–H groups in total. The van der Waals surface area contributed by atoms with Crippen LogP contribution in [-0.2, 0) is 6.54 Å². The lowest BCUT2D eigenvalue weighted by Gasteiger charge is -2.06. The standard InChI is InChI=1S/C18H14ClN5O/c1-12-4-2-7-15(8-12)24-17-16(21-22-24)18(25)23(11-20-17)10-13-5-3-6-14(19)9-13/h2-9,11H,10H2,1H3. The molecule has 124 valence electrons. The van der Waals surface area contributed by atoms with Crippen molar-refractivity contribution in [3.05, 3.63) is 81.4 Å². The van der Waals surface area contributed by atoms with E-state index in [4.69, 9.17) is 11.6 Å². The number of aryl methyl sites for hydroxylation is 1. The minimum absolute atomic E-state index is 0.233. The van der Waals surface area contributed by atoms with E-state index in [0.717, 1.165) is 16.8 Å². The number of nitrogens with zero attached hydrogens (tertiary/aromatic N) is 5. The van der Waals surface area contributed by atoms with Crippen molar-refractivity contribution in [3.63, 3.8) is 0 Å². The lowest BCUT2D eigenvalue weighted by atomic mass is 10.2. The summed E-state index contributed by atoms with van der Waals surface area (Å²) >= 11 is 6.00. The normalized spacial score (nSPS) is 11.1. The molecule has 0 bridgehead atoms. The number of benzene rings is 2. The van der Waals surface area contributed by atoms with Crippen molar-refractivity contribution in [1.29, 1.82) is 0 Å². The number of fused-ring (bicyclic) bond motifs is 1. The van der Waals surface area contributed by atoms with Crippen molar-refractivity contribution in [2.45, 2.75) is 13.5 Å². The molecule has 0 aliphatic heterocycles. The van der Waals surface area contributed by atoms with Gasteiger partial charge in [0.2, 0.25) is 0 Å². The molecule has 4 rings (SSSR count). The summed E-state index contributed by atoms with van der Waals surface area (Å²) in [6.07, 6.45) is 1.52. The van der Waals surface area contributed by atoms with Crippen LogP contribution in [0.25, 0.3) is 16.9 Å². The van der Waals surface area contributed by atoms with Gasteiger partial charge in [0.1, 0.15) is 6.33 Å². The SMILES string of the molecule is Cc1cccc(-n2nnc3c(=O)n(Cc4cccc(Cl)c4)cnc32)c1. The van der Waals surface area contributed by atoms with Crippen LogP contribution in [0.2, 0.25) is 5.02 Å². The summed E-state index contributed by atoms with van der Waals surface area (Å²) < 4.78 is 3.08. The average molecular weight is 352 g/mol. The Balaban J connectivity index is 1.78. The van der Waals surface area contributed by atoms with Crippen LogP contribution in [0.15, 0.2) is 59.7 Å². The van der Waals surface area contributed by atoms with Gasteiger partial charge in [0.05, 0.1) is 12.2 Å². The van der Waals surface area contributed by atoms with Gasteiger partial charge in [-0.15, -0.1) is 5.10 Å². The molecule has 2 aromatic carbocycles. The Morgan fingerprint density at radius 2 is 1.96 bits per heavy atom. The van der Waals surface area contributed by atoms with E-state index < -0.39 is 0 Å². The fourth-order valence-electron chi connectivity index (χ4n) is 2.72. The lowest BCUT2D eigenvalue weighted by Crippen LogP contribution is -2.21. The second kappa shape index (κ2) is 6.14. The first kappa shape index (κ1) is 15.5. The van der Waals surface area contributed by atoms with Gasteiger partial charge in [-0.05, 0) is 42.3 Å². The highest BCUT2D eigenvalue weighted by atomic mass is 35.5. The summed E-state index contributed by atoms with van der Waals surface area (Å²) in [6.45, 7) is 2.37. The van der Waals surface area contributed by atoms with E-state index >= 15 is 0 Å². The molecule has 4 aromatic rings. The molecule has 0 unspecified atom stereocenters. The first-order valence-corrected chi connectivity index (χ1v) is 8.12. The molecule has 0 aliphatic rings. The summed E-state index contributed by atoms with van der Waals surface area (Å²) in [4.78, 5) is 17.1. The zero-order valence-electron chi connectivity index (χ0n) is 13.4. The Bertz CT molecular complexity index is 1130. The fraction of sp³-hybridized carbons (Fsp3) is 0.111. The van der Waals surface area contributed by atoms with Gasteiger partial charge < -0.3 is 0 Å². The first-order chi connectivity index (χ1) is 12.1. The number of hydrogen-bond donors (Lipinski definition) is 0. The molecule has 0 saturated heterocycles. The van der Waals surface area contributed by atoms with E-state index in [0.29, 0.717) is 17.2 Å². The number of aromatic nitrogens is 5. The maximum Gasteiger partial charge on any atom is 0.283 e.